The van der Waals surface area contributed by atoms with Crippen LogP contribution in [-0.2, 0) is 4.79 Å². The zero-order valence-electron chi connectivity index (χ0n) is 14.9. The summed E-state index contributed by atoms with van der Waals surface area (Å²) in [5, 5.41) is 3.58. The van der Waals surface area contributed by atoms with Crippen molar-refractivity contribution in [2.45, 2.75) is 12.8 Å². The maximum absolute atomic E-state index is 12.3. The van der Waals surface area contributed by atoms with E-state index < -0.39 is 0 Å². The molecule has 2 heterocycles. The first kappa shape index (κ1) is 19.2. The molecule has 0 atom stereocenters. The molecule has 1 aliphatic heterocycles. The van der Waals surface area contributed by atoms with Gasteiger partial charge in [-0.2, -0.15) is 0 Å². The zero-order chi connectivity index (χ0) is 19.1. The van der Waals surface area contributed by atoms with Crippen LogP contribution in [0.2, 0.25) is 5.02 Å². The van der Waals surface area contributed by atoms with Gasteiger partial charge in [0.15, 0.2) is 6.61 Å². The first-order valence-electron chi connectivity index (χ1n) is 8.96. The van der Waals surface area contributed by atoms with Crippen LogP contribution in [0.15, 0.2) is 48.8 Å². The molecule has 6 nitrogen and oxygen atoms in total. The van der Waals surface area contributed by atoms with Gasteiger partial charge in [0.1, 0.15) is 5.75 Å². The summed E-state index contributed by atoms with van der Waals surface area (Å²) >= 11 is 5.83. The van der Waals surface area contributed by atoms with Gasteiger partial charge in [-0.25, -0.2) is 0 Å². The Morgan fingerprint density at radius 2 is 1.93 bits per heavy atom. The number of aromatic nitrogens is 1. The van der Waals surface area contributed by atoms with Crippen molar-refractivity contribution in [1.82, 2.24) is 15.2 Å². The Labute approximate surface area is 163 Å². The van der Waals surface area contributed by atoms with Gasteiger partial charge in [-0.1, -0.05) is 11.6 Å². The van der Waals surface area contributed by atoms with Gasteiger partial charge < -0.3 is 15.0 Å². The van der Waals surface area contributed by atoms with Crippen molar-refractivity contribution in [3.63, 3.8) is 0 Å². The van der Waals surface area contributed by atoms with Crippen LogP contribution in [0, 0.1) is 5.92 Å². The molecule has 0 aliphatic carbocycles. The highest BCUT2D eigenvalue weighted by Gasteiger charge is 2.23. The minimum absolute atomic E-state index is 0.0179. The summed E-state index contributed by atoms with van der Waals surface area (Å²) < 4.78 is 5.52. The van der Waals surface area contributed by atoms with E-state index in [0.29, 0.717) is 41.9 Å². The van der Waals surface area contributed by atoms with Gasteiger partial charge in [0.05, 0.1) is 5.56 Å². The van der Waals surface area contributed by atoms with Crippen LogP contribution < -0.4 is 10.1 Å². The molecular weight excluding hydrogens is 366 g/mol. The molecule has 0 radical (unpaired) electrons. The fourth-order valence-corrected chi connectivity index (χ4v) is 3.12. The normalized spacial score (nSPS) is 14.6. The maximum atomic E-state index is 12.3. The Hall–Kier alpha value is -2.60. The zero-order valence-corrected chi connectivity index (χ0v) is 15.7. The molecule has 1 saturated heterocycles. The minimum Gasteiger partial charge on any atom is -0.484 e. The molecule has 0 spiro atoms. The van der Waals surface area contributed by atoms with Crippen molar-refractivity contribution >= 4 is 23.4 Å². The summed E-state index contributed by atoms with van der Waals surface area (Å²) in [7, 11) is 0. The second kappa shape index (κ2) is 9.37. The van der Waals surface area contributed by atoms with E-state index in [9.17, 15) is 9.59 Å². The quantitative estimate of drug-likeness (QED) is 0.827. The van der Waals surface area contributed by atoms with Crippen LogP contribution in [0.3, 0.4) is 0 Å². The Kier molecular flexibility index (Phi) is 6.65. The lowest BCUT2D eigenvalue weighted by Gasteiger charge is -2.32. The van der Waals surface area contributed by atoms with Crippen molar-refractivity contribution in [1.29, 1.82) is 0 Å². The van der Waals surface area contributed by atoms with E-state index in [-0.39, 0.29) is 18.4 Å². The second-order valence-electron chi connectivity index (χ2n) is 6.52. The topological polar surface area (TPSA) is 71.5 Å². The highest BCUT2D eigenvalue weighted by Crippen LogP contribution is 2.18. The molecule has 0 unspecified atom stereocenters. The third-order valence-electron chi connectivity index (χ3n) is 4.62. The van der Waals surface area contributed by atoms with Crippen molar-refractivity contribution in [2.24, 2.45) is 5.92 Å². The summed E-state index contributed by atoms with van der Waals surface area (Å²) in [6.45, 7) is 1.98. The molecule has 1 aromatic carbocycles. The van der Waals surface area contributed by atoms with E-state index in [1.54, 1.807) is 48.8 Å². The first-order valence-corrected chi connectivity index (χ1v) is 9.34. The number of likely N-dealkylation sites (tertiary alicyclic amines) is 1. The number of halogens is 1. The number of nitrogens with zero attached hydrogens (tertiary/aromatic N) is 2. The molecule has 2 amide bonds. The van der Waals surface area contributed by atoms with Crippen LogP contribution in [0.1, 0.15) is 23.2 Å². The number of benzene rings is 1. The van der Waals surface area contributed by atoms with Crippen LogP contribution in [0.5, 0.6) is 5.75 Å². The lowest BCUT2D eigenvalue weighted by molar-refractivity contribution is -0.134. The van der Waals surface area contributed by atoms with Gasteiger partial charge in [-0.3, -0.25) is 14.6 Å². The van der Waals surface area contributed by atoms with Crippen molar-refractivity contribution in [3.8, 4) is 5.75 Å². The third kappa shape index (κ3) is 5.69. The number of pyridine rings is 1. The number of hydrogen-bond donors (Lipinski definition) is 1. The van der Waals surface area contributed by atoms with Crippen molar-refractivity contribution in [2.75, 3.05) is 26.2 Å². The van der Waals surface area contributed by atoms with E-state index in [4.69, 9.17) is 16.3 Å². The van der Waals surface area contributed by atoms with Gasteiger partial charge in [0.2, 0.25) is 0 Å². The molecule has 1 fully saturated rings. The number of rotatable bonds is 6. The molecule has 1 aromatic heterocycles. The van der Waals surface area contributed by atoms with Gasteiger partial charge in [-0.05, 0) is 55.2 Å². The van der Waals surface area contributed by atoms with Crippen LogP contribution in [0.4, 0.5) is 0 Å². The minimum atomic E-state index is -0.113. The lowest BCUT2D eigenvalue weighted by atomic mass is 9.96. The number of nitrogens with one attached hydrogen (secondary N) is 1. The molecule has 1 aliphatic rings. The number of carbonyl (C=O) groups is 2. The monoisotopic (exact) mass is 387 g/mol. The molecule has 2 aromatic rings. The van der Waals surface area contributed by atoms with Crippen LogP contribution >= 0.6 is 11.6 Å². The molecular formula is C20H22ClN3O3. The number of piperidine rings is 1. The molecule has 7 heteroatoms. The highest BCUT2D eigenvalue weighted by atomic mass is 35.5. The summed E-state index contributed by atoms with van der Waals surface area (Å²) in [5.74, 6) is 0.855. The third-order valence-corrected chi connectivity index (χ3v) is 4.87. The van der Waals surface area contributed by atoms with Crippen molar-refractivity contribution < 1.29 is 14.3 Å². The Bertz CT molecular complexity index is 760. The van der Waals surface area contributed by atoms with E-state index in [0.717, 1.165) is 12.8 Å². The van der Waals surface area contributed by atoms with Gasteiger partial charge in [0.25, 0.3) is 11.8 Å². The molecule has 142 valence electrons. The van der Waals surface area contributed by atoms with E-state index in [2.05, 4.69) is 10.3 Å². The lowest BCUT2D eigenvalue weighted by Crippen LogP contribution is -2.43. The molecule has 0 saturated carbocycles. The summed E-state index contributed by atoms with van der Waals surface area (Å²) in [6, 6.07) is 10.4. The van der Waals surface area contributed by atoms with Gasteiger partial charge in [0, 0.05) is 37.1 Å². The first-order chi connectivity index (χ1) is 13.1. The van der Waals surface area contributed by atoms with Gasteiger partial charge in [-0.15, -0.1) is 0 Å². The average molecular weight is 388 g/mol. The number of amides is 2. The summed E-state index contributed by atoms with van der Waals surface area (Å²) in [6.07, 6.45) is 4.91. The fraction of sp³-hybridized carbons (Fsp3) is 0.350. The SMILES string of the molecule is O=C(NCC1CCN(C(=O)COc2ccc(Cl)cc2)CC1)c1cccnc1. The largest absolute Gasteiger partial charge is 0.484 e. The highest BCUT2D eigenvalue weighted by molar-refractivity contribution is 6.30. The standard InChI is InChI=1S/C20H22ClN3O3/c21-17-3-5-18(6-4-17)27-14-19(25)24-10-7-15(8-11-24)12-23-20(26)16-2-1-9-22-13-16/h1-6,9,13,15H,7-8,10-12,14H2,(H,23,26). The van der Waals surface area contributed by atoms with Crippen LogP contribution in [0.25, 0.3) is 0 Å². The summed E-state index contributed by atoms with van der Waals surface area (Å²) in [4.78, 5) is 30.1. The number of carbonyl (C=O) groups excluding carboxylic acids is 2. The molecule has 0 bridgehead atoms. The number of ether oxygens (including phenoxy) is 1. The second-order valence-corrected chi connectivity index (χ2v) is 6.95. The van der Waals surface area contributed by atoms with Crippen LogP contribution in [-0.4, -0.2) is 47.9 Å². The molecule has 1 N–H and O–H groups in total. The Morgan fingerprint density at radius 1 is 1.19 bits per heavy atom. The predicted molar refractivity (Wildman–Crippen MR) is 103 cm³/mol. The fourth-order valence-electron chi connectivity index (χ4n) is 2.99. The maximum Gasteiger partial charge on any atom is 0.260 e. The van der Waals surface area contributed by atoms with E-state index >= 15 is 0 Å². The van der Waals surface area contributed by atoms with E-state index in [1.165, 1.54) is 0 Å². The summed E-state index contributed by atoms with van der Waals surface area (Å²) in [5.41, 5.74) is 0.560. The smallest absolute Gasteiger partial charge is 0.260 e. The predicted octanol–water partition coefficient (Wildman–Crippen LogP) is 2.78. The Balaban J connectivity index is 1.37. The van der Waals surface area contributed by atoms with E-state index in [1.807, 2.05) is 4.90 Å². The van der Waals surface area contributed by atoms with Crippen molar-refractivity contribution in [3.05, 3.63) is 59.4 Å². The number of hydrogen-bond acceptors (Lipinski definition) is 4. The molecule has 3 rings (SSSR count). The Morgan fingerprint density at radius 3 is 2.59 bits per heavy atom. The van der Waals surface area contributed by atoms with Gasteiger partial charge >= 0.3 is 0 Å². The average Bonchev–Trinajstić information content (AvgIpc) is 2.72. The molecule has 27 heavy (non-hydrogen) atoms.